The first-order chi connectivity index (χ1) is 11.6. The summed E-state index contributed by atoms with van der Waals surface area (Å²) in [4.78, 5) is 13.2. The second-order valence-electron chi connectivity index (χ2n) is 6.82. The Morgan fingerprint density at radius 2 is 2.17 bits per heavy atom. The Morgan fingerprint density at radius 3 is 2.96 bits per heavy atom. The highest BCUT2D eigenvalue weighted by Crippen LogP contribution is 2.28. The molecule has 2 N–H and O–H groups in total. The van der Waals surface area contributed by atoms with Crippen molar-refractivity contribution in [2.75, 3.05) is 30.8 Å². The van der Waals surface area contributed by atoms with Gasteiger partial charge in [-0.25, -0.2) is 9.97 Å². The Balaban J connectivity index is 1.67. The topological polar surface area (TPSA) is 72.0 Å². The van der Waals surface area contributed by atoms with Crippen molar-refractivity contribution in [3.05, 3.63) is 30.7 Å². The highest BCUT2D eigenvalue weighted by atomic mass is 16.5. The van der Waals surface area contributed by atoms with E-state index in [1.54, 1.807) is 18.6 Å². The van der Waals surface area contributed by atoms with E-state index < -0.39 is 0 Å². The van der Waals surface area contributed by atoms with Crippen molar-refractivity contribution in [1.29, 1.82) is 0 Å². The van der Waals surface area contributed by atoms with Crippen LogP contribution in [0, 0.1) is 5.92 Å². The van der Waals surface area contributed by atoms with Crippen LogP contribution in [0.3, 0.4) is 0 Å². The van der Waals surface area contributed by atoms with Crippen LogP contribution in [0.5, 0.6) is 0 Å². The Bertz CT molecular complexity index is 689. The molecule has 0 aromatic carbocycles. The molecular weight excluding hydrogens is 302 g/mol. The summed E-state index contributed by atoms with van der Waals surface area (Å²) in [5.74, 6) is 2.22. The molecule has 0 radical (unpaired) electrons. The number of nitrogens with one attached hydrogen (secondary N) is 2. The minimum absolute atomic E-state index is 0.0291. The summed E-state index contributed by atoms with van der Waals surface area (Å²) in [6.45, 7) is 6.03. The summed E-state index contributed by atoms with van der Waals surface area (Å²) >= 11 is 0. The van der Waals surface area contributed by atoms with E-state index in [1.807, 2.05) is 19.2 Å². The van der Waals surface area contributed by atoms with Gasteiger partial charge in [0.1, 0.15) is 11.6 Å². The molecule has 24 heavy (non-hydrogen) atoms. The minimum atomic E-state index is -0.0291. The van der Waals surface area contributed by atoms with Gasteiger partial charge in [0.15, 0.2) is 0 Å². The van der Waals surface area contributed by atoms with E-state index in [9.17, 15) is 0 Å². The standard InChI is InChI=1S/C18H25N5O/c1-18(2)9-13(5-7-24-18)10-22-17-12-20-11-15(23-17)14-4-6-21-16(8-14)19-3/h4,6,8,11-13H,5,7,9-10H2,1-3H3,(H,19,21)(H,22,23). The molecule has 1 aliphatic heterocycles. The number of rotatable bonds is 5. The minimum Gasteiger partial charge on any atom is -0.376 e. The fourth-order valence-corrected chi connectivity index (χ4v) is 3.10. The average molecular weight is 327 g/mol. The molecule has 2 aromatic heterocycles. The molecule has 3 rings (SSSR count). The maximum absolute atomic E-state index is 5.78. The predicted molar refractivity (Wildman–Crippen MR) is 96.1 cm³/mol. The quantitative estimate of drug-likeness (QED) is 0.879. The average Bonchev–Trinajstić information content (AvgIpc) is 2.59. The van der Waals surface area contributed by atoms with E-state index in [1.165, 1.54) is 0 Å². The zero-order chi connectivity index (χ0) is 17.0. The van der Waals surface area contributed by atoms with Crippen molar-refractivity contribution >= 4 is 11.6 Å². The van der Waals surface area contributed by atoms with Crippen molar-refractivity contribution in [3.8, 4) is 11.3 Å². The first kappa shape index (κ1) is 16.6. The van der Waals surface area contributed by atoms with Gasteiger partial charge in [0.05, 0.1) is 23.7 Å². The van der Waals surface area contributed by atoms with Gasteiger partial charge in [0.25, 0.3) is 0 Å². The van der Waals surface area contributed by atoms with Gasteiger partial charge in [-0.3, -0.25) is 4.98 Å². The number of pyridine rings is 1. The second kappa shape index (κ2) is 7.13. The van der Waals surface area contributed by atoms with Crippen LogP contribution in [0.25, 0.3) is 11.3 Å². The number of hydrogen-bond donors (Lipinski definition) is 2. The molecule has 0 aliphatic carbocycles. The Kier molecular flexibility index (Phi) is 4.94. The molecule has 0 bridgehead atoms. The van der Waals surface area contributed by atoms with Crippen LogP contribution < -0.4 is 10.6 Å². The highest BCUT2D eigenvalue weighted by Gasteiger charge is 2.28. The molecule has 6 nitrogen and oxygen atoms in total. The number of aromatic nitrogens is 3. The first-order valence-electron chi connectivity index (χ1n) is 8.40. The molecule has 0 spiro atoms. The molecule has 1 fully saturated rings. The van der Waals surface area contributed by atoms with Gasteiger partial charge >= 0.3 is 0 Å². The molecule has 1 aliphatic rings. The summed E-state index contributed by atoms with van der Waals surface area (Å²) in [7, 11) is 1.85. The molecule has 128 valence electrons. The van der Waals surface area contributed by atoms with Crippen molar-refractivity contribution in [3.63, 3.8) is 0 Å². The summed E-state index contributed by atoms with van der Waals surface area (Å²) in [6, 6.07) is 3.91. The molecule has 3 heterocycles. The largest absolute Gasteiger partial charge is 0.376 e. The third-order valence-electron chi connectivity index (χ3n) is 4.32. The van der Waals surface area contributed by atoms with Gasteiger partial charge in [0, 0.05) is 32.0 Å². The lowest BCUT2D eigenvalue weighted by Gasteiger charge is -2.35. The number of nitrogens with zero attached hydrogens (tertiary/aromatic N) is 3. The van der Waals surface area contributed by atoms with E-state index in [0.717, 1.165) is 48.9 Å². The van der Waals surface area contributed by atoms with Crippen LogP contribution in [-0.2, 0) is 4.74 Å². The molecule has 0 amide bonds. The summed E-state index contributed by atoms with van der Waals surface area (Å²) in [5, 5.41) is 6.47. The van der Waals surface area contributed by atoms with Crippen LogP contribution in [0.15, 0.2) is 30.7 Å². The lowest BCUT2D eigenvalue weighted by molar-refractivity contribution is -0.0699. The van der Waals surface area contributed by atoms with Crippen molar-refractivity contribution < 1.29 is 4.74 Å². The van der Waals surface area contributed by atoms with Crippen LogP contribution >= 0.6 is 0 Å². The fourth-order valence-electron chi connectivity index (χ4n) is 3.10. The third kappa shape index (κ3) is 4.20. The van der Waals surface area contributed by atoms with Gasteiger partial charge in [-0.2, -0.15) is 0 Å². The van der Waals surface area contributed by atoms with E-state index in [4.69, 9.17) is 4.74 Å². The van der Waals surface area contributed by atoms with Gasteiger partial charge in [-0.15, -0.1) is 0 Å². The van der Waals surface area contributed by atoms with Crippen LogP contribution in [0.4, 0.5) is 11.6 Å². The normalized spacial score (nSPS) is 19.7. The van der Waals surface area contributed by atoms with Crippen molar-refractivity contribution in [2.24, 2.45) is 5.92 Å². The lowest BCUT2D eigenvalue weighted by Crippen LogP contribution is -2.36. The van der Waals surface area contributed by atoms with Gasteiger partial charge < -0.3 is 15.4 Å². The highest BCUT2D eigenvalue weighted by molar-refractivity contribution is 5.63. The van der Waals surface area contributed by atoms with E-state index in [0.29, 0.717) is 5.92 Å². The lowest BCUT2D eigenvalue weighted by atomic mass is 9.88. The maximum Gasteiger partial charge on any atom is 0.145 e. The van der Waals surface area contributed by atoms with Gasteiger partial charge in [0.2, 0.25) is 0 Å². The molecule has 2 aromatic rings. The zero-order valence-corrected chi connectivity index (χ0v) is 14.5. The third-order valence-corrected chi connectivity index (χ3v) is 4.32. The first-order valence-corrected chi connectivity index (χ1v) is 8.40. The zero-order valence-electron chi connectivity index (χ0n) is 14.5. The van der Waals surface area contributed by atoms with Crippen molar-refractivity contribution in [2.45, 2.75) is 32.3 Å². The molecule has 1 atom stereocenters. The number of anilines is 2. The summed E-state index contributed by atoms with van der Waals surface area (Å²) in [6.07, 6.45) is 7.46. The molecule has 1 saturated heterocycles. The number of hydrogen-bond acceptors (Lipinski definition) is 6. The SMILES string of the molecule is CNc1cc(-c2cncc(NCC3CCOC(C)(C)C3)n2)ccn1. The van der Waals surface area contributed by atoms with Gasteiger partial charge in [-0.1, -0.05) is 0 Å². The predicted octanol–water partition coefficient (Wildman–Crippen LogP) is 3.20. The van der Waals surface area contributed by atoms with Crippen LogP contribution in [0.1, 0.15) is 26.7 Å². The fraction of sp³-hybridized carbons (Fsp3) is 0.500. The monoisotopic (exact) mass is 327 g/mol. The summed E-state index contributed by atoms with van der Waals surface area (Å²) in [5.41, 5.74) is 1.81. The van der Waals surface area contributed by atoms with Crippen molar-refractivity contribution in [1.82, 2.24) is 15.0 Å². The molecule has 0 saturated carbocycles. The van der Waals surface area contributed by atoms with Crippen LogP contribution in [-0.4, -0.2) is 40.8 Å². The van der Waals surface area contributed by atoms with E-state index in [-0.39, 0.29) is 5.60 Å². The van der Waals surface area contributed by atoms with Crippen LogP contribution in [0.2, 0.25) is 0 Å². The Morgan fingerprint density at radius 1 is 1.29 bits per heavy atom. The Hall–Kier alpha value is -2.21. The molecular formula is C18H25N5O. The van der Waals surface area contributed by atoms with E-state index in [2.05, 4.69) is 39.4 Å². The maximum atomic E-state index is 5.78. The van der Waals surface area contributed by atoms with E-state index >= 15 is 0 Å². The Labute approximate surface area is 143 Å². The summed E-state index contributed by atoms with van der Waals surface area (Å²) < 4.78 is 5.78. The molecule has 6 heteroatoms. The second-order valence-corrected chi connectivity index (χ2v) is 6.82. The smallest absolute Gasteiger partial charge is 0.145 e. The molecule has 1 unspecified atom stereocenters. The number of ether oxygens (including phenoxy) is 1. The van der Waals surface area contributed by atoms with Gasteiger partial charge in [-0.05, 0) is 44.7 Å².